The number of rotatable bonds is 1. The van der Waals surface area contributed by atoms with Gasteiger partial charge >= 0.3 is 0 Å². The number of hydrogen-bond acceptors (Lipinski definition) is 3. The zero-order chi connectivity index (χ0) is 13.7. The predicted molar refractivity (Wildman–Crippen MR) is 77.4 cm³/mol. The lowest BCUT2D eigenvalue weighted by Gasteiger charge is -2.20. The van der Waals surface area contributed by atoms with Gasteiger partial charge in [0, 0.05) is 12.6 Å². The van der Waals surface area contributed by atoms with Crippen molar-refractivity contribution >= 4 is 0 Å². The van der Waals surface area contributed by atoms with Crippen molar-refractivity contribution in [3.63, 3.8) is 0 Å². The average molecular weight is 259 g/mol. The molecule has 1 aliphatic heterocycles. The lowest BCUT2D eigenvalue weighted by atomic mass is 10.0. The molecule has 1 aromatic heterocycles. The average Bonchev–Trinajstić information content (AvgIpc) is 2.85. The Hall–Kier alpha value is -1.81. The molecule has 0 spiro atoms. The summed E-state index contributed by atoms with van der Waals surface area (Å²) in [7, 11) is 5.75. The van der Waals surface area contributed by atoms with E-state index < -0.39 is 0 Å². The minimum absolute atomic E-state index is 0.821. The van der Waals surface area contributed by atoms with Crippen LogP contribution < -0.4 is 10.1 Å². The van der Waals surface area contributed by atoms with Crippen LogP contribution in [0.2, 0.25) is 0 Å². The van der Waals surface area contributed by atoms with Crippen LogP contribution in [0.25, 0.3) is 11.3 Å². The SMILES string of the molecule is CNC.Cn1cncc1-c1cccc2c1OCCC2. The summed E-state index contributed by atoms with van der Waals surface area (Å²) < 4.78 is 7.81. The molecule has 0 unspecified atom stereocenters. The number of ether oxygens (including phenoxy) is 1. The lowest BCUT2D eigenvalue weighted by Crippen LogP contribution is -2.09. The van der Waals surface area contributed by atoms with E-state index in [0.29, 0.717) is 0 Å². The highest BCUT2D eigenvalue weighted by atomic mass is 16.5. The topological polar surface area (TPSA) is 39.1 Å². The number of aryl methyl sites for hydroxylation is 2. The standard InChI is InChI=1S/C13H14N2O.C2H7N/c1-15-9-14-8-12(15)11-6-2-4-10-5-3-7-16-13(10)11;1-3-2/h2,4,6,8-9H,3,5,7H2,1H3;3H,1-2H3. The second-order valence-corrected chi connectivity index (χ2v) is 4.64. The van der Waals surface area contributed by atoms with E-state index in [1.165, 1.54) is 5.56 Å². The van der Waals surface area contributed by atoms with Gasteiger partial charge in [0.15, 0.2) is 0 Å². The zero-order valence-electron chi connectivity index (χ0n) is 11.8. The van der Waals surface area contributed by atoms with Crippen molar-refractivity contribution in [1.82, 2.24) is 14.9 Å². The first-order valence-corrected chi connectivity index (χ1v) is 6.57. The molecule has 2 heterocycles. The molecule has 0 amide bonds. The van der Waals surface area contributed by atoms with E-state index in [0.717, 1.165) is 36.5 Å². The highest BCUT2D eigenvalue weighted by Crippen LogP contribution is 2.35. The molecule has 0 radical (unpaired) electrons. The molecule has 2 aromatic rings. The van der Waals surface area contributed by atoms with Gasteiger partial charge in [0.2, 0.25) is 0 Å². The van der Waals surface area contributed by atoms with Crippen molar-refractivity contribution in [2.45, 2.75) is 12.8 Å². The van der Waals surface area contributed by atoms with Gasteiger partial charge in [0.1, 0.15) is 5.75 Å². The first-order valence-electron chi connectivity index (χ1n) is 6.57. The van der Waals surface area contributed by atoms with Crippen LogP contribution in [0.5, 0.6) is 5.75 Å². The van der Waals surface area contributed by atoms with Crippen molar-refractivity contribution in [1.29, 1.82) is 0 Å². The van der Waals surface area contributed by atoms with Crippen LogP contribution in [0.1, 0.15) is 12.0 Å². The van der Waals surface area contributed by atoms with E-state index in [1.807, 2.05) is 38.2 Å². The molecule has 0 saturated heterocycles. The highest BCUT2D eigenvalue weighted by molar-refractivity contribution is 5.69. The molecule has 1 aromatic carbocycles. The summed E-state index contributed by atoms with van der Waals surface area (Å²) in [6, 6.07) is 6.34. The first kappa shape index (κ1) is 13.6. The Labute approximate surface area is 114 Å². The van der Waals surface area contributed by atoms with Crippen LogP contribution in [0.4, 0.5) is 0 Å². The van der Waals surface area contributed by atoms with E-state index in [4.69, 9.17) is 4.74 Å². The van der Waals surface area contributed by atoms with Gasteiger partial charge in [-0.25, -0.2) is 4.98 Å². The van der Waals surface area contributed by atoms with Crippen molar-refractivity contribution in [3.8, 4) is 17.0 Å². The summed E-state index contributed by atoms with van der Waals surface area (Å²) in [6.07, 6.45) is 5.92. The van der Waals surface area contributed by atoms with Gasteiger partial charge in [-0.05, 0) is 38.6 Å². The molecule has 0 saturated carbocycles. The predicted octanol–water partition coefficient (Wildman–Crippen LogP) is 2.25. The number of nitrogens with zero attached hydrogens (tertiary/aromatic N) is 2. The minimum atomic E-state index is 0.821. The van der Waals surface area contributed by atoms with E-state index in [1.54, 1.807) is 0 Å². The molecule has 102 valence electrons. The van der Waals surface area contributed by atoms with Gasteiger partial charge in [-0.15, -0.1) is 0 Å². The Bertz CT molecular complexity index is 534. The lowest BCUT2D eigenvalue weighted by molar-refractivity contribution is 0.289. The summed E-state index contributed by atoms with van der Waals surface area (Å²) in [6.45, 7) is 0.821. The van der Waals surface area contributed by atoms with Crippen molar-refractivity contribution in [3.05, 3.63) is 36.3 Å². The van der Waals surface area contributed by atoms with E-state index in [9.17, 15) is 0 Å². The number of aromatic nitrogens is 2. The number of imidazole rings is 1. The normalized spacial score (nSPS) is 13.0. The molecule has 0 aliphatic carbocycles. The van der Waals surface area contributed by atoms with E-state index in [-0.39, 0.29) is 0 Å². The number of fused-ring (bicyclic) bond motifs is 1. The third-order valence-corrected chi connectivity index (χ3v) is 3.03. The Morgan fingerprint density at radius 3 is 2.79 bits per heavy atom. The maximum Gasteiger partial charge on any atom is 0.131 e. The molecule has 0 fully saturated rings. The maximum atomic E-state index is 5.79. The molecule has 0 bridgehead atoms. The van der Waals surface area contributed by atoms with Crippen molar-refractivity contribution < 1.29 is 4.74 Å². The van der Waals surface area contributed by atoms with Crippen LogP contribution in [-0.4, -0.2) is 30.3 Å². The van der Waals surface area contributed by atoms with Gasteiger partial charge in [-0.3, -0.25) is 0 Å². The molecule has 4 heteroatoms. The molecular weight excluding hydrogens is 238 g/mol. The number of benzene rings is 1. The fourth-order valence-corrected chi connectivity index (χ4v) is 2.21. The van der Waals surface area contributed by atoms with Gasteiger partial charge < -0.3 is 14.6 Å². The Balaban J connectivity index is 0.000000408. The van der Waals surface area contributed by atoms with Crippen molar-refractivity contribution in [2.24, 2.45) is 7.05 Å². The number of para-hydroxylation sites is 1. The quantitative estimate of drug-likeness (QED) is 0.853. The fraction of sp³-hybridized carbons (Fsp3) is 0.400. The second-order valence-electron chi connectivity index (χ2n) is 4.64. The van der Waals surface area contributed by atoms with Crippen LogP contribution in [-0.2, 0) is 13.5 Å². The van der Waals surface area contributed by atoms with Crippen LogP contribution in [0.15, 0.2) is 30.7 Å². The fourth-order valence-electron chi connectivity index (χ4n) is 2.21. The van der Waals surface area contributed by atoms with E-state index >= 15 is 0 Å². The largest absolute Gasteiger partial charge is 0.493 e. The van der Waals surface area contributed by atoms with Crippen LogP contribution in [0, 0.1) is 0 Å². The minimum Gasteiger partial charge on any atom is -0.493 e. The monoisotopic (exact) mass is 259 g/mol. The molecule has 19 heavy (non-hydrogen) atoms. The molecule has 0 atom stereocenters. The van der Waals surface area contributed by atoms with Gasteiger partial charge in [0.05, 0.1) is 24.8 Å². The summed E-state index contributed by atoms with van der Waals surface area (Å²) in [5, 5.41) is 2.75. The summed E-state index contributed by atoms with van der Waals surface area (Å²) in [5.74, 6) is 1.04. The van der Waals surface area contributed by atoms with Crippen LogP contribution >= 0.6 is 0 Å². The molecule has 4 nitrogen and oxygen atoms in total. The second kappa shape index (κ2) is 6.38. The Kier molecular flexibility index (Phi) is 4.58. The smallest absolute Gasteiger partial charge is 0.131 e. The first-order chi connectivity index (χ1) is 9.27. The summed E-state index contributed by atoms with van der Waals surface area (Å²) >= 11 is 0. The highest BCUT2D eigenvalue weighted by Gasteiger charge is 2.16. The molecular formula is C15H21N3O. The number of nitrogens with one attached hydrogen (secondary N) is 1. The number of hydrogen-bond donors (Lipinski definition) is 1. The Morgan fingerprint density at radius 1 is 1.32 bits per heavy atom. The molecule has 1 aliphatic rings. The van der Waals surface area contributed by atoms with Gasteiger partial charge in [-0.2, -0.15) is 0 Å². The molecule has 3 rings (SSSR count). The van der Waals surface area contributed by atoms with E-state index in [2.05, 4.69) is 28.5 Å². The molecule has 1 N–H and O–H groups in total. The third kappa shape index (κ3) is 2.96. The van der Waals surface area contributed by atoms with Gasteiger partial charge in [0.25, 0.3) is 0 Å². The maximum absolute atomic E-state index is 5.79. The van der Waals surface area contributed by atoms with Crippen molar-refractivity contribution in [2.75, 3.05) is 20.7 Å². The van der Waals surface area contributed by atoms with Crippen LogP contribution in [0.3, 0.4) is 0 Å². The third-order valence-electron chi connectivity index (χ3n) is 3.03. The summed E-state index contributed by atoms with van der Waals surface area (Å²) in [5.41, 5.74) is 3.57. The summed E-state index contributed by atoms with van der Waals surface area (Å²) in [4.78, 5) is 4.15. The zero-order valence-corrected chi connectivity index (χ0v) is 11.8. The Morgan fingerprint density at radius 2 is 2.11 bits per heavy atom. The van der Waals surface area contributed by atoms with Gasteiger partial charge in [-0.1, -0.05) is 12.1 Å².